The summed E-state index contributed by atoms with van der Waals surface area (Å²) >= 11 is 0. The Morgan fingerprint density at radius 3 is 1.30 bits per heavy atom. The number of fused-ring (bicyclic) bond motifs is 2. The van der Waals surface area contributed by atoms with Gasteiger partial charge in [0.2, 0.25) is 10.8 Å². The number of hydrogen-bond donors (Lipinski definition) is 0. The summed E-state index contributed by atoms with van der Waals surface area (Å²) in [5.74, 6) is -35.3. The van der Waals surface area contributed by atoms with Crippen LogP contribution in [0.1, 0.15) is 6.92 Å². The molecule has 0 amide bonds. The molecule has 0 radical (unpaired) electrons. The summed E-state index contributed by atoms with van der Waals surface area (Å²) in [5, 5.41) is 0. The van der Waals surface area contributed by atoms with E-state index in [9.17, 15) is 75.0 Å². The molecule has 33 heavy (non-hydrogen) atoms. The van der Waals surface area contributed by atoms with Crippen molar-refractivity contribution >= 4 is 5.97 Å². The molecular formula is C14H5F17O2. The Kier molecular flexibility index (Phi) is 4.94. The Labute approximate surface area is 169 Å². The molecule has 19 heteroatoms. The second-order valence-electron chi connectivity index (χ2n) is 7.14. The van der Waals surface area contributed by atoms with Gasteiger partial charge in [-0.3, -0.25) is 0 Å². The molecule has 3 atom stereocenters. The van der Waals surface area contributed by atoms with E-state index >= 15 is 4.39 Å². The standard InChI is InChI=1S/C14H5F17O2/c1-3(2)4(32)33-11(22)6(14(29,30)31)5(12(23,24)25,13(26,27)28)7(15,10(11,20)21)9(18,19)8(6,16)17/h1H2,2H3. The number of esters is 1. The van der Waals surface area contributed by atoms with Crippen LogP contribution < -0.4 is 0 Å². The first kappa shape index (κ1) is 27.3. The Morgan fingerprint density at radius 1 is 0.667 bits per heavy atom. The summed E-state index contributed by atoms with van der Waals surface area (Å²) in [4.78, 5) is 11.3. The van der Waals surface area contributed by atoms with Gasteiger partial charge >= 0.3 is 48.1 Å². The van der Waals surface area contributed by atoms with Crippen molar-refractivity contribution in [3.05, 3.63) is 12.2 Å². The molecule has 2 saturated carbocycles. The molecule has 0 spiro atoms. The van der Waals surface area contributed by atoms with E-state index in [1.54, 1.807) is 0 Å². The molecule has 0 aromatic carbocycles. The minimum absolute atomic E-state index is 0.204. The SMILES string of the molecule is C=C(C)C(=O)OC1(F)C(F)(F)C2(F)C(F)(F)C(F)(F)C1(C(F)(F)F)C2(C(F)(F)F)C(F)(F)F. The average molecular weight is 528 g/mol. The minimum Gasteiger partial charge on any atom is -0.417 e. The zero-order valence-electron chi connectivity index (χ0n) is 14.9. The predicted molar refractivity (Wildman–Crippen MR) is 66.5 cm³/mol. The van der Waals surface area contributed by atoms with Crippen LogP contribution in [0.5, 0.6) is 0 Å². The zero-order chi connectivity index (χ0) is 26.9. The quantitative estimate of drug-likeness (QED) is 0.247. The Morgan fingerprint density at radius 2 is 1.03 bits per heavy atom. The molecule has 0 saturated heterocycles. The highest BCUT2D eigenvalue weighted by Gasteiger charge is 3.24. The molecule has 0 aromatic heterocycles. The van der Waals surface area contributed by atoms with Crippen LogP contribution in [0, 0.1) is 10.8 Å². The first-order chi connectivity index (χ1) is 14.1. The van der Waals surface area contributed by atoms with Crippen molar-refractivity contribution < 1.29 is 84.2 Å². The van der Waals surface area contributed by atoms with Gasteiger partial charge in [-0.25, -0.2) is 9.18 Å². The van der Waals surface area contributed by atoms with Crippen molar-refractivity contribution in [2.75, 3.05) is 0 Å². The predicted octanol–water partition coefficient (Wildman–Crippen LogP) is 6.07. The van der Waals surface area contributed by atoms with Crippen molar-refractivity contribution in [2.45, 2.75) is 54.7 Å². The Hall–Kier alpha value is -1.98. The van der Waals surface area contributed by atoms with Crippen molar-refractivity contribution in [1.82, 2.24) is 0 Å². The van der Waals surface area contributed by atoms with Crippen molar-refractivity contribution in [2.24, 2.45) is 10.8 Å². The van der Waals surface area contributed by atoms with E-state index in [0.29, 0.717) is 0 Å². The maximum Gasteiger partial charge on any atom is 0.408 e. The number of halogens is 17. The first-order valence-electron chi connectivity index (χ1n) is 7.68. The highest BCUT2D eigenvalue weighted by atomic mass is 19.4. The Bertz CT molecular complexity index is 881. The second-order valence-corrected chi connectivity index (χ2v) is 7.14. The van der Waals surface area contributed by atoms with E-state index in [-0.39, 0.29) is 6.92 Å². The van der Waals surface area contributed by atoms with Gasteiger partial charge in [-0.05, 0) is 6.92 Å². The van der Waals surface area contributed by atoms with Crippen LogP contribution in [-0.4, -0.2) is 53.8 Å². The van der Waals surface area contributed by atoms with Crippen LogP contribution >= 0.6 is 0 Å². The van der Waals surface area contributed by atoms with Gasteiger partial charge in [0.25, 0.3) is 5.67 Å². The molecule has 0 aromatic rings. The van der Waals surface area contributed by atoms with Crippen molar-refractivity contribution in [3.8, 4) is 0 Å². The molecule has 0 N–H and O–H groups in total. The molecule has 2 bridgehead atoms. The van der Waals surface area contributed by atoms with Crippen molar-refractivity contribution in [1.29, 1.82) is 0 Å². The molecule has 2 fully saturated rings. The number of carbonyl (C=O) groups is 1. The highest BCUT2D eigenvalue weighted by molar-refractivity contribution is 5.87. The van der Waals surface area contributed by atoms with Gasteiger partial charge in [0.05, 0.1) is 0 Å². The largest absolute Gasteiger partial charge is 0.417 e. The molecule has 2 aliphatic carbocycles. The second kappa shape index (κ2) is 5.98. The highest BCUT2D eigenvalue weighted by Crippen LogP contribution is 2.94. The maximum absolute atomic E-state index is 15.2. The third kappa shape index (κ3) is 2.10. The van der Waals surface area contributed by atoms with Gasteiger partial charge in [-0.2, -0.15) is 70.2 Å². The van der Waals surface area contributed by atoms with Crippen LogP contribution in [-0.2, 0) is 9.53 Å². The molecule has 3 unspecified atom stereocenters. The monoisotopic (exact) mass is 528 g/mol. The molecule has 2 aliphatic rings. The molecule has 0 aliphatic heterocycles. The van der Waals surface area contributed by atoms with Crippen LogP contribution in [0.3, 0.4) is 0 Å². The van der Waals surface area contributed by atoms with Gasteiger partial charge in [0.15, 0.2) is 0 Å². The molecule has 0 heterocycles. The van der Waals surface area contributed by atoms with E-state index in [0.717, 1.165) is 0 Å². The lowest BCUT2D eigenvalue weighted by molar-refractivity contribution is -0.481. The smallest absolute Gasteiger partial charge is 0.408 e. The lowest BCUT2D eigenvalue weighted by Crippen LogP contribution is -2.78. The summed E-state index contributed by atoms with van der Waals surface area (Å²) in [6, 6.07) is 0. The summed E-state index contributed by atoms with van der Waals surface area (Å²) < 4.78 is 241. The van der Waals surface area contributed by atoms with Gasteiger partial charge in [-0.15, -0.1) is 0 Å². The van der Waals surface area contributed by atoms with E-state index in [2.05, 4.69) is 11.3 Å². The third-order valence-corrected chi connectivity index (χ3v) is 5.55. The third-order valence-electron chi connectivity index (χ3n) is 5.55. The maximum atomic E-state index is 15.2. The van der Waals surface area contributed by atoms with E-state index < -0.39 is 70.2 Å². The van der Waals surface area contributed by atoms with Crippen LogP contribution in [0.25, 0.3) is 0 Å². The van der Waals surface area contributed by atoms with E-state index in [4.69, 9.17) is 0 Å². The van der Waals surface area contributed by atoms with Crippen LogP contribution in [0.15, 0.2) is 12.2 Å². The van der Waals surface area contributed by atoms with Crippen molar-refractivity contribution in [3.63, 3.8) is 0 Å². The summed E-state index contributed by atoms with van der Waals surface area (Å²) in [7, 11) is 0. The lowest BCUT2D eigenvalue weighted by atomic mass is 9.61. The van der Waals surface area contributed by atoms with Gasteiger partial charge < -0.3 is 4.74 Å². The van der Waals surface area contributed by atoms with Gasteiger partial charge in [0.1, 0.15) is 0 Å². The van der Waals surface area contributed by atoms with Crippen LogP contribution in [0.2, 0.25) is 0 Å². The molecule has 2 nitrogen and oxygen atoms in total. The fourth-order valence-electron chi connectivity index (χ4n) is 4.42. The molecule has 2 rings (SSSR count). The number of rotatable bonds is 2. The van der Waals surface area contributed by atoms with E-state index in [1.807, 2.05) is 0 Å². The number of alkyl halides is 17. The zero-order valence-corrected chi connectivity index (χ0v) is 14.9. The normalized spacial score (nSPS) is 36.5. The van der Waals surface area contributed by atoms with E-state index in [1.165, 1.54) is 0 Å². The summed E-state index contributed by atoms with van der Waals surface area (Å²) in [5.41, 5.74) is -27.1. The number of ether oxygens (including phenoxy) is 1. The lowest BCUT2D eigenvalue weighted by Gasteiger charge is -2.50. The molecule has 192 valence electrons. The fourth-order valence-corrected chi connectivity index (χ4v) is 4.42. The van der Waals surface area contributed by atoms with Gasteiger partial charge in [0, 0.05) is 5.57 Å². The fraction of sp³-hybridized carbons (Fsp3) is 0.786. The first-order valence-corrected chi connectivity index (χ1v) is 7.68. The number of carbonyl (C=O) groups excluding carboxylic acids is 1. The van der Waals surface area contributed by atoms with Gasteiger partial charge in [-0.1, -0.05) is 6.58 Å². The average Bonchev–Trinajstić information content (AvgIpc) is 2.72. The van der Waals surface area contributed by atoms with Crippen LogP contribution in [0.4, 0.5) is 74.6 Å². The Balaban J connectivity index is 3.46. The number of hydrogen-bond acceptors (Lipinski definition) is 2. The minimum atomic E-state index is -8.60. The summed E-state index contributed by atoms with van der Waals surface area (Å²) in [6.07, 6.45) is -25.4. The summed E-state index contributed by atoms with van der Waals surface area (Å²) in [6.45, 7) is 2.60. The molecular weight excluding hydrogens is 523 g/mol. The topological polar surface area (TPSA) is 26.3 Å².